The van der Waals surface area contributed by atoms with Gasteiger partial charge in [-0.15, -0.1) is 0 Å². The predicted octanol–water partition coefficient (Wildman–Crippen LogP) is 2.32. The van der Waals surface area contributed by atoms with E-state index < -0.39 is 0 Å². The molecule has 0 heterocycles. The third-order valence-electron chi connectivity index (χ3n) is 1.36. The van der Waals surface area contributed by atoms with Crippen LogP contribution in [0.1, 0.15) is 33.1 Å². The van der Waals surface area contributed by atoms with Crippen molar-refractivity contribution in [2.45, 2.75) is 44.0 Å². The van der Waals surface area contributed by atoms with Crippen LogP contribution >= 0.6 is 15.9 Å². The van der Waals surface area contributed by atoms with E-state index >= 15 is 0 Å². The maximum atomic E-state index is 9.00. The zero-order valence-electron chi connectivity index (χ0n) is 6.10. The summed E-state index contributed by atoms with van der Waals surface area (Å²) in [6.45, 7) is 3.97. The van der Waals surface area contributed by atoms with Gasteiger partial charge in [0.1, 0.15) is 0 Å². The molecule has 0 aliphatic heterocycles. The van der Waals surface area contributed by atoms with Gasteiger partial charge in [0.25, 0.3) is 0 Å². The number of unbranched alkanes of at least 4 members (excludes halogenated alkanes) is 1. The molecule has 0 aliphatic carbocycles. The molecule has 0 saturated heterocycles. The van der Waals surface area contributed by atoms with Gasteiger partial charge in [-0.05, 0) is 13.3 Å². The number of alkyl halides is 1. The number of hydrogen-bond donors (Lipinski definition) is 1. The van der Waals surface area contributed by atoms with Crippen molar-refractivity contribution in [1.82, 2.24) is 0 Å². The van der Waals surface area contributed by atoms with Gasteiger partial charge in [-0.3, -0.25) is 0 Å². The van der Waals surface area contributed by atoms with Crippen LogP contribution in [0, 0.1) is 0 Å². The number of rotatable bonds is 4. The van der Waals surface area contributed by atoms with E-state index in [0.717, 1.165) is 6.42 Å². The van der Waals surface area contributed by atoms with Crippen molar-refractivity contribution < 1.29 is 5.11 Å². The maximum absolute atomic E-state index is 9.00. The molecule has 1 nitrogen and oxygen atoms in total. The summed E-state index contributed by atoms with van der Waals surface area (Å²) in [6, 6.07) is 0. The summed E-state index contributed by atoms with van der Waals surface area (Å²) < 4.78 is 0. The second-order valence-corrected chi connectivity index (χ2v) is 3.57. The van der Waals surface area contributed by atoms with E-state index in [1.165, 1.54) is 12.8 Å². The minimum Gasteiger partial charge on any atom is -0.392 e. The highest BCUT2D eigenvalue weighted by atomic mass is 79.9. The van der Waals surface area contributed by atoms with Crippen LogP contribution in [-0.2, 0) is 0 Å². The first-order chi connectivity index (χ1) is 4.18. The molecular weight excluding hydrogens is 180 g/mol. The van der Waals surface area contributed by atoms with Crippen molar-refractivity contribution in [2.75, 3.05) is 0 Å². The topological polar surface area (TPSA) is 20.2 Å². The van der Waals surface area contributed by atoms with Gasteiger partial charge >= 0.3 is 0 Å². The molecule has 0 aromatic rings. The fourth-order valence-electron chi connectivity index (χ4n) is 0.640. The third kappa shape index (κ3) is 4.91. The SMILES string of the molecule is CCCC[C@@H](Br)[C@H](C)O. The highest BCUT2D eigenvalue weighted by Gasteiger charge is 2.08. The molecule has 0 aliphatic rings. The minimum atomic E-state index is -0.212. The summed E-state index contributed by atoms with van der Waals surface area (Å²) in [7, 11) is 0. The Morgan fingerprint density at radius 1 is 1.56 bits per heavy atom. The molecule has 0 fully saturated rings. The lowest BCUT2D eigenvalue weighted by molar-refractivity contribution is 0.189. The first-order valence-corrected chi connectivity index (χ1v) is 4.42. The van der Waals surface area contributed by atoms with Gasteiger partial charge in [-0.25, -0.2) is 0 Å². The summed E-state index contributed by atoms with van der Waals surface area (Å²) in [6.07, 6.45) is 3.26. The fraction of sp³-hybridized carbons (Fsp3) is 1.00. The van der Waals surface area contributed by atoms with Crippen molar-refractivity contribution in [3.05, 3.63) is 0 Å². The maximum Gasteiger partial charge on any atom is 0.0637 e. The van der Waals surface area contributed by atoms with E-state index in [0.29, 0.717) is 0 Å². The van der Waals surface area contributed by atoms with Crippen molar-refractivity contribution in [1.29, 1.82) is 0 Å². The molecule has 2 heteroatoms. The lowest BCUT2D eigenvalue weighted by Gasteiger charge is -2.10. The predicted molar refractivity (Wildman–Crippen MR) is 43.9 cm³/mol. The molecule has 9 heavy (non-hydrogen) atoms. The quantitative estimate of drug-likeness (QED) is 0.682. The van der Waals surface area contributed by atoms with Gasteiger partial charge in [-0.2, -0.15) is 0 Å². The first kappa shape index (κ1) is 9.44. The van der Waals surface area contributed by atoms with Crippen LogP contribution in [0.5, 0.6) is 0 Å². The molecule has 56 valence electrons. The normalized spacial score (nSPS) is 17.3. The number of aliphatic hydroxyl groups is 1. The summed E-state index contributed by atoms with van der Waals surface area (Å²) in [5.41, 5.74) is 0. The first-order valence-electron chi connectivity index (χ1n) is 3.50. The van der Waals surface area contributed by atoms with Gasteiger partial charge < -0.3 is 5.11 Å². The molecule has 0 rings (SSSR count). The third-order valence-corrected chi connectivity index (χ3v) is 2.58. The van der Waals surface area contributed by atoms with Crippen LogP contribution in [0.3, 0.4) is 0 Å². The Kier molecular flexibility index (Phi) is 5.50. The Hall–Kier alpha value is 0.440. The molecule has 1 N–H and O–H groups in total. The van der Waals surface area contributed by atoms with Crippen LogP contribution in [0.15, 0.2) is 0 Å². The number of hydrogen-bond acceptors (Lipinski definition) is 1. The van der Waals surface area contributed by atoms with Crippen molar-refractivity contribution in [3.8, 4) is 0 Å². The zero-order chi connectivity index (χ0) is 7.28. The number of aliphatic hydroxyl groups excluding tert-OH is 1. The summed E-state index contributed by atoms with van der Waals surface area (Å²) in [5, 5.41) is 9.00. The van der Waals surface area contributed by atoms with Crippen molar-refractivity contribution in [2.24, 2.45) is 0 Å². The highest BCUT2D eigenvalue weighted by Crippen LogP contribution is 2.13. The molecule has 0 saturated carbocycles. The molecular formula is C7H15BrO. The van der Waals surface area contributed by atoms with Crippen LogP contribution in [0.25, 0.3) is 0 Å². The molecule has 0 aromatic heterocycles. The summed E-state index contributed by atoms with van der Waals surface area (Å²) in [5.74, 6) is 0. The van der Waals surface area contributed by atoms with E-state index in [2.05, 4.69) is 22.9 Å². The van der Waals surface area contributed by atoms with Crippen molar-refractivity contribution >= 4 is 15.9 Å². The standard InChI is InChI=1S/C7H15BrO/c1-3-4-5-7(8)6(2)9/h6-7,9H,3-5H2,1-2H3/t6-,7+/m0/s1. The zero-order valence-corrected chi connectivity index (χ0v) is 7.69. The average molecular weight is 195 g/mol. The Labute approximate surface area is 65.6 Å². The van der Waals surface area contributed by atoms with Crippen LogP contribution < -0.4 is 0 Å². The summed E-state index contributed by atoms with van der Waals surface area (Å²) >= 11 is 3.39. The van der Waals surface area contributed by atoms with E-state index in [1.54, 1.807) is 0 Å². The van der Waals surface area contributed by atoms with Gasteiger partial charge in [0.2, 0.25) is 0 Å². The second-order valence-electron chi connectivity index (χ2n) is 2.40. The lowest BCUT2D eigenvalue weighted by atomic mass is 10.1. The Morgan fingerprint density at radius 3 is 2.44 bits per heavy atom. The smallest absolute Gasteiger partial charge is 0.0637 e. The molecule has 0 unspecified atom stereocenters. The summed E-state index contributed by atoms with van der Waals surface area (Å²) in [4.78, 5) is 0.289. The van der Waals surface area contributed by atoms with Crippen LogP contribution in [-0.4, -0.2) is 16.0 Å². The van der Waals surface area contributed by atoms with E-state index in [-0.39, 0.29) is 10.9 Å². The van der Waals surface area contributed by atoms with Crippen LogP contribution in [0.4, 0.5) is 0 Å². The van der Waals surface area contributed by atoms with E-state index in [9.17, 15) is 0 Å². The molecule has 2 atom stereocenters. The fourth-order valence-corrected chi connectivity index (χ4v) is 0.964. The molecule has 0 spiro atoms. The van der Waals surface area contributed by atoms with Gasteiger partial charge in [0.05, 0.1) is 6.10 Å². The Morgan fingerprint density at radius 2 is 2.11 bits per heavy atom. The molecule has 0 bridgehead atoms. The largest absolute Gasteiger partial charge is 0.392 e. The van der Waals surface area contributed by atoms with Crippen LogP contribution in [0.2, 0.25) is 0 Å². The highest BCUT2D eigenvalue weighted by molar-refractivity contribution is 9.09. The van der Waals surface area contributed by atoms with Gasteiger partial charge in [0.15, 0.2) is 0 Å². The average Bonchev–Trinajstić information content (AvgIpc) is 1.82. The van der Waals surface area contributed by atoms with Gasteiger partial charge in [-0.1, -0.05) is 35.7 Å². The Bertz CT molecular complexity index is 63.9. The monoisotopic (exact) mass is 194 g/mol. The molecule has 0 aromatic carbocycles. The Balaban J connectivity index is 3.16. The van der Waals surface area contributed by atoms with Crippen molar-refractivity contribution in [3.63, 3.8) is 0 Å². The second kappa shape index (κ2) is 5.24. The molecule has 0 amide bonds. The molecule has 0 radical (unpaired) electrons. The van der Waals surface area contributed by atoms with E-state index in [1.807, 2.05) is 6.92 Å². The number of halogens is 1. The van der Waals surface area contributed by atoms with Gasteiger partial charge in [0, 0.05) is 4.83 Å². The minimum absolute atomic E-state index is 0.212. The van der Waals surface area contributed by atoms with E-state index in [4.69, 9.17) is 5.11 Å². The lowest BCUT2D eigenvalue weighted by Crippen LogP contribution is -2.15.